The van der Waals surface area contributed by atoms with Crippen molar-refractivity contribution in [3.05, 3.63) is 54.5 Å². The van der Waals surface area contributed by atoms with Gasteiger partial charge in [-0.1, -0.05) is 6.07 Å². The summed E-state index contributed by atoms with van der Waals surface area (Å²) in [4.78, 5) is 17.7. The fourth-order valence-electron chi connectivity index (χ4n) is 4.12. The number of halogens is 2. The number of carbonyl (C=O) groups is 1. The first-order valence-electron chi connectivity index (χ1n) is 10.7. The molecule has 3 aromatic heterocycles. The van der Waals surface area contributed by atoms with Gasteiger partial charge < -0.3 is 10.6 Å². The van der Waals surface area contributed by atoms with Crippen molar-refractivity contribution in [2.45, 2.75) is 25.8 Å². The van der Waals surface area contributed by atoms with E-state index in [0.717, 1.165) is 29.2 Å². The summed E-state index contributed by atoms with van der Waals surface area (Å²) in [5, 5.41) is 15.9. The predicted octanol–water partition coefficient (Wildman–Crippen LogP) is 2.63. The number of nitrogen functional groups attached to an aromatic ring is 1. The predicted molar refractivity (Wildman–Crippen MR) is 118 cm³/mol. The van der Waals surface area contributed by atoms with Crippen LogP contribution in [-0.4, -0.2) is 58.9 Å². The molecule has 1 fully saturated rings. The highest BCUT2D eigenvalue weighted by atomic mass is 19.2. The SMILES string of the molecule is CC(=O)N1CCC(n2cc(-c3cnc(N)c(-c4nnnn4-c4cccc(F)c4F)c3)cn2)CC1. The molecule has 1 aliphatic rings. The van der Waals surface area contributed by atoms with Crippen LogP contribution in [0.1, 0.15) is 25.8 Å². The second-order valence-corrected chi connectivity index (χ2v) is 8.09. The van der Waals surface area contributed by atoms with Gasteiger partial charge in [0.05, 0.1) is 17.8 Å². The first kappa shape index (κ1) is 21.6. The quantitative estimate of drug-likeness (QED) is 0.492. The van der Waals surface area contributed by atoms with E-state index in [1.807, 2.05) is 15.8 Å². The fourth-order valence-corrected chi connectivity index (χ4v) is 4.12. The molecule has 34 heavy (non-hydrogen) atoms. The highest BCUT2D eigenvalue weighted by molar-refractivity contribution is 5.76. The van der Waals surface area contributed by atoms with Crippen molar-refractivity contribution in [1.82, 2.24) is 39.9 Å². The lowest BCUT2D eigenvalue weighted by Crippen LogP contribution is -2.37. The van der Waals surface area contributed by atoms with Gasteiger partial charge in [0.2, 0.25) is 5.91 Å². The molecule has 0 atom stereocenters. The molecular formula is C22H21F2N9O. The molecule has 1 amide bonds. The largest absolute Gasteiger partial charge is 0.383 e. The van der Waals surface area contributed by atoms with E-state index >= 15 is 0 Å². The zero-order valence-corrected chi connectivity index (χ0v) is 18.3. The van der Waals surface area contributed by atoms with Crippen molar-refractivity contribution in [2.24, 2.45) is 0 Å². The number of aromatic nitrogens is 7. The number of hydrogen-bond donors (Lipinski definition) is 1. The van der Waals surface area contributed by atoms with E-state index in [4.69, 9.17) is 5.73 Å². The van der Waals surface area contributed by atoms with Gasteiger partial charge in [-0.05, 0) is 41.5 Å². The Hall–Kier alpha value is -4.22. The Morgan fingerprint density at radius 2 is 1.94 bits per heavy atom. The summed E-state index contributed by atoms with van der Waals surface area (Å²) in [7, 11) is 0. The number of anilines is 1. The Morgan fingerprint density at radius 3 is 2.71 bits per heavy atom. The molecule has 12 heteroatoms. The number of piperidine rings is 1. The molecule has 1 aromatic carbocycles. The molecule has 1 aliphatic heterocycles. The molecule has 10 nitrogen and oxygen atoms in total. The van der Waals surface area contributed by atoms with Gasteiger partial charge in [-0.15, -0.1) is 5.10 Å². The van der Waals surface area contributed by atoms with E-state index in [0.29, 0.717) is 24.2 Å². The molecule has 0 spiro atoms. The second kappa shape index (κ2) is 8.61. The number of rotatable bonds is 4. The standard InChI is InChI=1S/C22H21F2N9O/c1-13(34)31-7-5-16(6-8-31)32-12-15(11-27-32)14-9-17(21(25)26-10-14)22-28-29-30-33(22)19-4-2-3-18(23)20(19)24/h2-4,9-12,16H,5-8H2,1H3,(H2,25,26). The van der Waals surface area contributed by atoms with Crippen molar-refractivity contribution < 1.29 is 13.6 Å². The summed E-state index contributed by atoms with van der Waals surface area (Å²) >= 11 is 0. The lowest BCUT2D eigenvalue weighted by Gasteiger charge is -2.31. The van der Waals surface area contributed by atoms with Crippen molar-refractivity contribution in [3.8, 4) is 28.2 Å². The Bertz CT molecular complexity index is 1360. The van der Waals surface area contributed by atoms with Gasteiger partial charge >= 0.3 is 0 Å². The molecule has 0 aliphatic carbocycles. The van der Waals surface area contributed by atoms with Crippen molar-refractivity contribution in [3.63, 3.8) is 0 Å². The normalized spacial score (nSPS) is 14.5. The van der Waals surface area contributed by atoms with Gasteiger partial charge in [0.25, 0.3) is 0 Å². The summed E-state index contributed by atoms with van der Waals surface area (Å²) in [5.41, 5.74) is 7.84. The molecule has 2 N–H and O–H groups in total. The van der Waals surface area contributed by atoms with Crippen LogP contribution >= 0.6 is 0 Å². The summed E-state index contributed by atoms with van der Waals surface area (Å²) in [6.45, 7) is 2.97. The lowest BCUT2D eigenvalue weighted by atomic mass is 10.0. The number of benzene rings is 1. The molecule has 0 bridgehead atoms. The Kier molecular flexibility index (Phi) is 5.48. The van der Waals surface area contributed by atoms with Gasteiger partial charge in [-0.3, -0.25) is 9.48 Å². The van der Waals surface area contributed by atoms with Gasteiger partial charge in [0.1, 0.15) is 11.5 Å². The van der Waals surface area contributed by atoms with Crippen LogP contribution in [0.2, 0.25) is 0 Å². The number of nitrogens with zero attached hydrogens (tertiary/aromatic N) is 8. The zero-order chi connectivity index (χ0) is 23.8. The first-order chi connectivity index (χ1) is 16.4. The van der Waals surface area contributed by atoms with Crippen molar-refractivity contribution >= 4 is 11.7 Å². The lowest BCUT2D eigenvalue weighted by molar-refractivity contribution is -0.130. The summed E-state index contributed by atoms with van der Waals surface area (Å²) < 4.78 is 31.1. The average Bonchev–Trinajstić information content (AvgIpc) is 3.52. The van der Waals surface area contributed by atoms with E-state index in [1.54, 1.807) is 25.4 Å². The molecule has 0 saturated carbocycles. The number of nitrogens with two attached hydrogens (primary N) is 1. The molecule has 0 unspecified atom stereocenters. The fraction of sp³-hybridized carbons (Fsp3) is 0.273. The minimum absolute atomic E-state index is 0.0838. The van der Waals surface area contributed by atoms with Crippen LogP contribution in [0, 0.1) is 11.6 Å². The van der Waals surface area contributed by atoms with Gasteiger partial charge in [-0.25, -0.2) is 13.8 Å². The minimum atomic E-state index is -1.07. The number of amides is 1. The van der Waals surface area contributed by atoms with Crippen molar-refractivity contribution in [1.29, 1.82) is 0 Å². The topological polar surface area (TPSA) is 121 Å². The second-order valence-electron chi connectivity index (χ2n) is 8.09. The highest BCUT2D eigenvalue weighted by Crippen LogP contribution is 2.31. The van der Waals surface area contributed by atoms with E-state index < -0.39 is 11.6 Å². The van der Waals surface area contributed by atoms with Gasteiger partial charge in [-0.2, -0.15) is 9.78 Å². The number of likely N-dealkylation sites (tertiary alicyclic amines) is 1. The number of tetrazole rings is 1. The minimum Gasteiger partial charge on any atom is -0.383 e. The van der Waals surface area contributed by atoms with Gasteiger partial charge in [0.15, 0.2) is 17.5 Å². The monoisotopic (exact) mass is 465 g/mol. The summed E-state index contributed by atoms with van der Waals surface area (Å²) in [6.07, 6.45) is 6.89. The molecular weight excluding hydrogens is 444 g/mol. The van der Waals surface area contributed by atoms with Crippen molar-refractivity contribution in [2.75, 3.05) is 18.8 Å². The maximum Gasteiger partial charge on any atom is 0.219 e. The van der Waals surface area contributed by atoms with E-state index in [2.05, 4.69) is 25.6 Å². The maximum atomic E-state index is 14.4. The van der Waals surface area contributed by atoms with Crippen LogP contribution in [0.15, 0.2) is 42.9 Å². The molecule has 174 valence electrons. The number of hydrogen-bond acceptors (Lipinski definition) is 7. The average molecular weight is 465 g/mol. The third kappa shape index (κ3) is 3.87. The van der Waals surface area contributed by atoms with E-state index in [-0.39, 0.29) is 29.3 Å². The van der Waals surface area contributed by atoms with Crippen LogP contribution in [0.4, 0.5) is 14.6 Å². The van der Waals surface area contributed by atoms with Gasteiger partial charge in [0, 0.05) is 43.5 Å². The van der Waals surface area contributed by atoms with E-state index in [9.17, 15) is 13.6 Å². The number of pyridine rings is 1. The molecule has 5 rings (SSSR count). The zero-order valence-electron chi connectivity index (χ0n) is 18.3. The molecule has 4 heterocycles. The highest BCUT2D eigenvalue weighted by Gasteiger charge is 2.23. The summed E-state index contributed by atoms with van der Waals surface area (Å²) in [6, 6.07) is 5.68. The molecule has 1 saturated heterocycles. The third-order valence-electron chi connectivity index (χ3n) is 6.01. The van der Waals surface area contributed by atoms with Crippen LogP contribution in [0.25, 0.3) is 28.2 Å². The Labute approximate surface area is 193 Å². The Balaban J connectivity index is 1.45. The van der Waals surface area contributed by atoms with Crippen LogP contribution in [-0.2, 0) is 4.79 Å². The van der Waals surface area contributed by atoms with Crippen LogP contribution in [0.3, 0.4) is 0 Å². The summed E-state index contributed by atoms with van der Waals surface area (Å²) in [5.74, 6) is -1.74. The van der Waals surface area contributed by atoms with Crippen LogP contribution in [0.5, 0.6) is 0 Å². The molecule has 4 aromatic rings. The smallest absolute Gasteiger partial charge is 0.219 e. The third-order valence-corrected chi connectivity index (χ3v) is 6.01. The molecule has 0 radical (unpaired) electrons. The number of carbonyl (C=O) groups excluding carboxylic acids is 1. The Morgan fingerprint density at radius 1 is 1.15 bits per heavy atom. The first-order valence-corrected chi connectivity index (χ1v) is 10.7. The van der Waals surface area contributed by atoms with E-state index in [1.165, 1.54) is 12.1 Å². The van der Waals surface area contributed by atoms with Crippen LogP contribution < -0.4 is 5.73 Å². The maximum absolute atomic E-state index is 14.4.